The number of rotatable bonds is 5. The van der Waals surface area contributed by atoms with Gasteiger partial charge in [0, 0.05) is 32.2 Å². The van der Waals surface area contributed by atoms with Gasteiger partial charge in [0.15, 0.2) is 0 Å². The lowest BCUT2D eigenvalue weighted by Gasteiger charge is -2.34. The number of nitrogens with one attached hydrogen (secondary N) is 1. The van der Waals surface area contributed by atoms with Gasteiger partial charge in [0.2, 0.25) is 0 Å². The van der Waals surface area contributed by atoms with Crippen LogP contribution < -0.4 is 5.32 Å². The number of hydrogen-bond acceptors (Lipinski definition) is 3. The third-order valence-electron chi connectivity index (χ3n) is 4.28. The van der Waals surface area contributed by atoms with Crippen LogP contribution in [0.4, 0.5) is 0 Å². The molecule has 1 aliphatic heterocycles. The van der Waals surface area contributed by atoms with Crippen molar-refractivity contribution in [1.82, 2.24) is 10.2 Å². The molecule has 0 aromatic heterocycles. The van der Waals surface area contributed by atoms with E-state index in [0.29, 0.717) is 6.04 Å². The topological polar surface area (TPSA) is 35.5 Å². The predicted molar refractivity (Wildman–Crippen MR) is 89.5 cm³/mol. The Morgan fingerprint density at radius 2 is 1.73 bits per heavy atom. The third kappa shape index (κ3) is 4.17. The first kappa shape index (κ1) is 15.2. The smallest absolute Gasteiger partial charge is 0.0805 e. The number of aliphatic hydroxyl groups excluding tert-OH is 1. The highest BCUT2D eigenvalue weighted by Gasteiger charge is 2.22. The van der Waals surface area contributed by atoms with E-state index in [9.17, 15) is 5.11 Å². The normalized spacial score (nSPS) is 20.7. The van der Waals surface area contributed by atoms with E-state index in [1.165, 1.54) is 5.56 Å². The summed E-state index contributed by atoms with van der Waals surface area (Å²) in [6.45, 7) is 4.02. The van der Waals surface area contributed by atoms with Gasteiger partial charge in [-0.2, -0.15) is 0 Å². The molecule has 0 aliphatic carbocycles. The summed E-state index contributed by atoms with van der Waals surface area (Å²) in [7, 11) is 0. The summed E-state index contributed by atoms with van der Waals surface area (Å²) in [5.41, 5.74) is 2.36. The minimum atomic E-state index is -0.393. The van der Waals surface area contributed by atoms with Gasteiger partial charge in [-0.15, -0.1) is 0 Å². The first-order valence-corrected chi connectivity index (χ1v) is 8.04. The molecule has 0 amide bonds. The van der Waals surface area contributed by atoms with Gasteiger partial charge in [-0.3, -0.25) is 4.90 Å². The molecule has 2 N–H and O–H groups in total. The Morgan fingerprint density at radius 1 is 1.05 bits per heavy atom. The van der Waals surface area contributed by atoms with Crippen LogP contribution in [-0.4, -0.2) is 35.7 Å². The van der Waals surface area contributed by atoms with E-state index in [1.807, 2.05) is 30.3 Å². The third-order valence-corrected chi connectivity index (χ3v) is 4.28. The zero-order chi connectivity index (χ0) is 15.2. The Bertz CT molecular complexity index is 558. The molecular formula is C19H24N2O. The van der Waals surface area contributed by atoms with E-state index in [0.717, 1.165) is 38.2 Å². The molecule has 0 saturated carbocycles. The molecule has 1 fully saturated rings. The number of benzene rings is 2. The maximum Gasteiger partial charge on any atom is 0.0805 e. The second-order valence-corrected chi connectivity index (χ2v) is 6.03. The van der Waals surface area contributed by atoms with Crippen molar-refractivity contribution in [2.45, 2.75) is 25.1 Å². The monoisotopic (exact) mass is 296 g/mol. The molecule has 3 heteroatoms. The Kier molecular flexibility index (Phi) is 5.22. The van der Waals surface area contributed by atoms with Crippen LogP contribution in [0.1, 0.15) is 23.7 Å². The molecule has 0 bridgehead atoms. The Morgan fingerprint density at radius 3 is 2.45 bits per heavy atom. The fourth-order valence-corrected chi connectivity index (χ4v) is 3.12. The number of nitrogens with zero attached hydrogens (tertiary/aromatic N) is 1. The molecular weight excluding hydrogens is 272 g/mol. The van der Waals surface area contributed by atoms with Crippen LogP contribution >= 0.6 is 0 Å². The molecule has 2 aromatic rings. The summed E-state index contributed by atoms with van der Waals surface area (Å²) >= 11 is 0. The van der Waals surface area contributed by atoms with Crippen molar-refractivity contribution in [3.63, 3.8) is 0 Å². The van der Waals surface area contributed by atoms with Gasteiger partial charge in [-0.05, 0) is 17.5 Å². The molecule has 0 radical (unpaired) electrons. The minimum Gasteiger partial charge on any atom is -0.388 e. The zero-order valence-electron chi connectivity index (χ0n) is 12.9. The van der Waals surface area contributed by atoms with E-state index >= 15 is 0 Å². The molecule has 3 nitrogen and oxygen atoms in total. The summed E-state index contributed by atoms with van der Waals surface area (Å²) in [6, 6.07) is 20.9. The van der Waals surface area contributed by atoms with E-state index < -0.39 is 6.10 Å². The van der Waals surface area contributed by atoms with Gasteiger partial charge in [-0.25, -0.2) is 0 Å². The molecule has 2 unspecified atom stereocenters. The maximum absolute atomic E-state index is 10.4. The Hall–Kier alpha value is -1.68. The minimum absolute atomic E-state index is 0.340. The lowest BCUT2D eigenvalue weighted by atomic mass is 10.0. The van der Waals surface area contributed by atoms with E-state index in [2.05, 4.69) is 40.5 Å². The highest BCUT2D eigenvalue weighted by Crippen LogP contribution is 2.19. The average molecular weight is 296 g/mol. The standard InChI is InChI=1S/C19H24N2O/c22-19(17-9-5-2-6-10-17)13-18-15-21(12-11-20-18)14-16-7-3-1-4-8-16/h1-10,18-20,22H,11-15H2. The molecule has 22 heavy (non-hydrogen) atoms. The molecule has 0 spiro atoms. The largest absolute Gasteiger partial charge is 0.388 e. The summed E-state index contributed by atoms with van der Waals surface area (Å²) < 4.78 is 0. The molecule has 116 valence electrons. The van der Waals surface area contributed by atoms with Crippen LogP contribution in [0.5, 0.6) is 0 Å². The van der Waals surface area contributed by atoms with Gasteiger partial charge in [0.1, 0.15) is 0 Å². The lowest BCUT2D eigenvalue weighted by molar-refractivity contribution is 0.118. The van der Waals surface area contributed by atoms with Crippen LogP contribution in [0.3, 0.4) is 0 Å². The molecule has 1 aliphatic rings. The van der Waals surface area contributed by atoms with Gasteiger partial charge in [0.05, 0.1) is 6.10 Å². The van der Waals surface area contributed by atoms with Crippen LogP contribution in [0, 0.1) is 0 Å². The van der Waals surface area contributed by atoms with Gasteiger partial charge >= 0.3 is 0 Å². The second-order valence-electron chi connectivity index (χ2n) is 6.03. The second kappa shape index (κ2) is 7.54. The molecule has 3 rings (SSSR count). The van der Waals surface area contributed by atoms with Crippen molar-refractivity contribution in [3.05, 3.63) is 71.8 Å². The Balaban J connectivity index is 1.54. The SMILES string of the molecule is OC(CC1CN(Cc2ccccc2)CCN1)c1ccccc1. The zero-order valence-corrected chi connectivity index (χ0v) is 12.9. The van der Waals surface area contributed by atoms with Crippen LogP contribution in [-0.2, 0) is 6.54 Å². The van der Waals surface area contributed by atoms with Crippen LogP contribution in [0.15, 0.2) is 60.7 Å². The lowest BCUT2D eigenvalue weighted by Crippen LogP contribution is -2.50. The molecule has 2 atom stereocenters. The van der Waals surface area contributed by atoms with Crippen molar-refractivity contribution in [1.29, 1.82) is 0 Å². The predicted octanol–water partition coefficient (Wildman–Crippen LogP) is 2.58. The van der Waals surface area contributed by atoms with Crippen molar-refractivity contribution >= 4 is 0 Å². The summed E-state index contributed by atoms with van der Waals surface area (Å²) in [5.74, 6) is 0. The Labute approximate surface area is 132 Å². The van der Waals surface area contributed by atoms with Crippen LogP contribution in [0.25, 0.3) is 0 Å². The van der Waals surface area contributed by atoms with Crippen molar-refractivity contribution < 1.29 is 5.11 Å². The van der Waals surface area contributed by atoms with E-state index in [1.54, 1.807) is 0 Å². The maximum atomic E-state index is 10.4. The van der Waals surface area contributed by atoms with Gasteiger partial charge < -0.3 is 10.4 Å². The average Bonchev–Trinajstić information content (AvgIpc) is 2.57. The van der Waals surface area contributed by atoms with E-state index in [-0.39, 0.29) is 0 Å². The molecule has 1 saturated heterocycles. The fraction of sp³-hybridized carbons (Fsp3) is 0.368. The summed E-state index contributed by atoms with van der Waals surface area (Å²) in [5, 5.41) is 13.9. The van der Waals surface area contributed by atoms with Gasteiger partial charge in [-0.1, -0.05) is 60.7 Å². The fourth-order valence-electron chi connectivity index (χ4n) is 3.12. The van der Waals surface area contributed by atoms with Crippen LogP contribution in [0.2, 0.25) is 0 Å². The highest BCUT2D eigenvalue weighted by atomic mass is 16.3. The number of aliphatic hydroxyl groups is 1. The number of hydrogen-bond donors (Lipinski definition) is 2. The quantitative estimate of drug-likeness (QED) is 0.890. The number of piperazine rings is 1. The van der Waals surface area contributed by atoms with E-state index in [4.69, 9.17) is 0 Å². The first-order chi connectivity index (χ1) is 10.8. The summed E-state index contributed by atoms with van der Waals surface area (Å²) in [4.78, 5) is 2.47. The molecule has 1 heterocycles. The van der Waals surface area contributed by atoms with Crippen molar-refractivity contribution in [3.8, 4) is 0 Å². The summed E-state index contributed by atoms with van der Waals surface area (Å²) in [6.07, 6.45) is 0.366. The van der Waals surface area contributed by atoms with Crippen molar-refractivity contribution in [2.24, 2.45) is 0 Å². The van der Waals surface area contributed by atoms with Crippen molar-refractivity contribution in [2.75, 3.05) is 19.6 Å². The van der Waals surface area contributed by atoms with Gasteiger partial charge in [0.25, 0.3) is 0 Å². The highest BCUT2D eigenvalue weighted by molar-refractivity contribution is 5.18. The first-order valence-electron chi connectivity index (χ1n) is 8.04. The molecule has 2 aromatic carbocycles.